The van der Waals surface area contributed by atoms with Gasteiger partial charge < -0.3 is 9.05 Å². The molecule has 4 nitrogen and oxygen atoms in total. The Hall–Kier alpha value is -1.90. The fourth-order valence-electron chi connectivity index (χ4n) is 2.67. The summed E-state index contributed by atoms with van der Waals surface area (Å²) in [6.45, 7) is 12.6. The number of ketones is 1. The van der Waals surface area contributed by atoms with Gasteiger partial charge in [0.2, 0.25) is 0 Å². The summed E-state index contributed by atoms with van der Waals surface area (Å²) in [7, 11) is -3.83. The summed E-state index contributed by atoms with van der Waals surface area (Å²) >= 11 is 6.07. The van der Waals surface area contributed by atoms with Crippen LogP contribution in [0.5, 0.6) is 0 Å². The van der Waals surface area contributed by atoms with E-state index in [0.717, 1.165) is 5.56 Å². The SMILES string of the molecule is C[Si](C)(C)O[N+](=CC(CC(=O)c1ccccc1)c1ccc(Cl)cc1)O[Si](C)(C)C. The van der Waals surface area contributed by atoms with Crippen LogP contribution in [-0.2, 0) is 9.05 Å². The van der Waals surface area contributed by atoms with Crippen LogP contribution in [0.3, 0.4) is 0 Å². The molecule has 7 heteroatoms. The van der Waals surface area contributed by atoms with Crippen molar-refractivity contribution in [3.63, 3.8) is 0 Å². The van der Waals surface area contributed by atoms with Crippen molar-refractivity contribution in [2.24, 2.45) is 0 Å². The van der Waals surface area contributed by atoms with E-state index < -0.39 is 16.6 Å². The third-order valence-corrected chi connectivity index (χ3v) is 5.54. The minimum absolute atomic E-state index is 0.0720. The number of carbonyl (C=O) groups is 1. The van der Waals surface area contributed by atoms with Gasteiger partial charge in [0, 0.05) is 17.0 Å². The van der Waals surface area contributed by atoms with Crippen LogP contribution < -0.4 is 0 Å². The summed E-state index contributed by atoms with van der Waals surface area (Å²) in [5, 5.41) is 0.662. The van der Waals surface area contributed by atoms with E-state index in [1.165, 1.54) is 4.90 Å². The molecule has 1 atom stereocenters. The Morgan fingerprint density at radius 1 is 0.931 bits per heavy atom. The van der Waals surface area contributed by atoms with Crippen LogP contribution in [0.2, 0.25) is 44.3 Å². The van der Waals surface area contributed by atoms with Crippen molar-refractivity contribution in [2.75, 3.05) is 0 Å². The monoisotopic (exact) mass is 448 g/mol. The maximum absolute atomic E-state index is 12.9. The second-order valence-electron chi connectivity index (χ2n) is 8.99. The van der Waals surface area contributed by atoms with E-state index in [9.17, 15) is 4.79 Å². The lowest BCUT2D eigenvalue weighted by Gasteiger charge is -2.19. The van der Waals surface area contributed by atoms with Crippen molar-refractivity contribution in [3.05, 3.63) is 70.7 Å². The average Bonchev–Trinajstić information content (AvgIpc) is 2.59. The molecule has 2 aromatic rings. The van der Waals surface area contributed by atoms with Gasteiger partial charge in [-0.05, 0) is 57.0 Å². The molecule has 156 valence electrons. The zero-order valence-electron chi connectivity index (χ0n) is 18.1. The first kappa shape index (κ1) is 23.4. The van der Waals surface area contributed by atoms with E-state index in [-0.39, 0.29) is 11.7 Å². The molecule has 0 saturated heterocycles. The van der Waals surface area contributed by atoms with E-state index in [2.05, 4.69) is 39.3 Å². The fourth-order valence-corrected chi connectivity index (χ4v) is 4.15. The van der Waals surface area contributed by atoms with Gasteiger partial charge >= 0.3 is 16.6 Å². The minimum Gasteiger partial charge on any atom is -0.307 e. The standard InChI is InChI=1S/C22H31ClNO3Si2/c1-28(2,3)26-24(27-29(4,5)6)17-20(18-12-14-21(23)15-13-18)16-22(25)19-10-8-7-9-11-19/h7-15,17,20H,16H2,1-6H3/q+1. The van der Waals surface area contributed by atoms with Crippen molar-refractivity contribution in [1.82, 2.24) is 0 Å². The smallest absolute Gasteiger partial charge is 0.307 e. The van der Waals surface area contributed by atoms with Crippen molar-refractivity contribution in [2.45, 2.75) is 51.6 Å². The van der Waals surface area contributed by atoms with Gasteiger partial charge in [-0.15, -0.1) is 0 Å². The first-order valence-electron chi connectivity index (χ1n) is 9.79. The Morgan fingerprint density at radius 3 is 1.93 bits per heavy atom. The number of rotatable bonds is 9. The molecule has 2 rings (SSSR count). The van der Waals surface area contributed by atoms with Crippen molar-refractivity contribution >= 4 is 40.2 Å². The lowest BCUT2D eigenvalue weighted by Crippen LogP contribution is -2.39. The molecule has 0 radical (unpaired) electrons. The van der Waals surface area contributed by atoms with Crippen LogP contribution >= 0.6 is 11.6 Å². The predicted molar refractivity (Wildman–Crippen MR) is 125 cm³/mol. The second-order valence-corrected chi connectivity index (χ2v) is 18.2. The summed E-state index contributed by atoms with van der Waals surface area (Å²) < 4.78 is 12.3. The summed E-state index contributed by atoms with van der Waals surface area (Å²) in [6, 6.07) is 16.9. The van der Waals surface area contributed by atoms with E-state index in [1.54, 1.807) is 0 Å². The lowest BCUT2D eigenvalue weighted by molar-refractivity contribution is -0.919. The molecule has 0 aliphatic heterocycles. The van der Waals surface area contributed by atoms with Gasteiger partial charge in [0.1, 0.15) is 0 Å². The predicted octanol–water partition coefficient (Wildman–Crippen LogP) is 6.31. The average molecular weight is 449 g/mol. The molecule has 2 aromatic carbocycles. The van der Waals surface area contributed by atoms with Gasteiger partial charge in [-0.3, -0.25) is 4.79 Å². The van der Waals surface area contributed by atoms with Gasteiger partial charge in [0.15, 0.2) is 10.7 Å². The van der Waals surface area contributed by atoms with Crippen LogP contribution in [0.25, 0.3) is 0 Å². The number of halogens is 1. The van der Waals surface area contributed by atoms with Gasteiger partial charge in [-0.25, -0.2) is 0 Å². The van der Waals surface area contributed by atoms with Gasteiger partial charge in [0.25, 0.3) is 6.21 Å². The van der Waals surface area contributed by atoms with Crippen LogP contribution in [0, 0.1) is 0 Å². The Kier molecular flexibility index (Phi) is 7.85. The summed E-state index contributed by atoms with van der Waals surface area (Å²) in [4.78, 5) is 14.4. The normalized spacial score (nSPS) is 12.8. The van der Waals surface area contributed by atoms with Crippen LogP contribution in [-0.4, -0.2) is 33.5 Å². The number of hydrogen-bond acceptors (Lipinski definition) is 3. The molecule has 0 saturated carbocycles. The summed E-state index contributed by atoms with van der Waals surface area (Å²) in [6.07, 6.45) is 2.20. The molecule has 0 amide bonds. The quantitative estimate of drug-likeness (QED) is 0.195. The maximum atomic E-state index is 12.9. The maximum Gasteiger partial charge on any atom is 0.343 e. The van der Waals surface area contributed by atoms with E-state index in [0.29, 0.717) is 17.0 Å². The number of carbonyl (C=O) groups excluding carboxylic acids is 1. The molecule has 0 fully saturated rings. The molecule has 29 heavy (non-hydrogen) atoms. The van der Waals surface area contributed by atoms with Crippen molar-refractivity contribution in [1.29, 1.82) is 0 Å². The van der Waals surface area contributed by atoms with E-state index in [1.807, 2.05) is 60.8 Å². The Morgan fingerprint density at radius 2 is 1.45 bits per heavy atom. The molecule has 0 bridgehead atoms. The largest absolute Gasteiger partial charge is 0.343 e. The molecule has 0 aliphatic rings. The Balaban J connectivity index is 2.41. The molecule has 1 unspecified atom stereocenters. The molecule has 0 N–H and O–H groups in total. The number of hydrogen-bond donors (Lipinski definition) is 0. The molecule has 0 spiro atoms. The zero-order valence-corrected chi connectivity index (χ0v) is 20.9. The number of Topliss-reactive ketones (excluding diaryl/α,β-unsaturated/α-hetero) is 1. The zero-order chi connectivity index (χ0) is 21.7. The number of nitrogens with zero attached hydrogens (tertiary/aromatic N) is 1. The van der Waals surface area contributed by atoms with Gasteiger partial charge in [0.05, 0.1) is 5.92 Å². The van der Waals surface area contributed by atoms with E-state index in [4.69, 9.17) is 20.7 Å². The third kappa shape index (κ3) is 8.56. The first-order chi connectivity index (χ1) is 13.4. The van der Waals surface area contributed by atoms with Crippen molar-refractivity contribution in [3.8, 4) is 0 Å². The van der Waals surface area contributed by atoms with Crippen LogP contribution in [0.15, 0.2) is 54.6 Å². The second kappa shape index (κ2) is 9.74. The van der Waals surface area contributed by atoms with E-state index >= 15 is 0 Å². The Labute approximate surface area is 181 Å². The van der Waals surface area contributed by atoms with Gasteiger partial charge in [-0.2, -0.15) is 0 Å². The molecular weight excluding hydrogens is 418 g/mol. The highest BCUT2D eigenvalue weighted by Crippen LogP contribution is 2.23. The molecular formula is C22H31ClNO3Si2+. The highest BCUT2D eigenvalue weighted by atomic mass is 35.5. The third-order valence-electron chi connectivity index (χ3n) is 3.83. The fraction of sp³-hybridized carbons (Fsp3) is 0.364. The van der Waals surface area contributed by atoms with Crippen LogP contribution in [0.1, 0.15) is 28.3 Å². The minimum atomic E-state index is -1.91. The summed E-state index contributed by atoms with van der Waals surface area (Å²) in [5.41, 5.74) is 1.69. The number of benzene rings is 2. The van der Waals surface area contributed by atoms with Gasteiger partial charge in [-0.1, -0.05) is 54.1 Å². The van der Waals surface area contributed by atoms with Crippen LogP contribution in [0.4, 0.5) is 0 Å². The molecule has 0 aliphatic carbocycles. The lowest BCUT2D eigenvalue weighted by atomic mass is 9.92. The highest BCUT2D eigenvalue weighted by molar-refractivity contribution is 6.70. The summed E-state index contributed by atoms with van der Waals surface area (Å²) in [5.74, 6) is -0.129. The van der Waals surface area contributed by atoms with Crippen molar-refractivity contribution < 1.29 is 18.8 Å². The highest BCUT2D eigenvalue weighted by Gasteiger charge is 2.33. The Bertz CT molecular complexity index is 823. The first-order valence-corrected chi connectivity index (χ1v) is 17.0. The molecule has 0 aromatic heterocycles. The molecule has 0 heterocycles. The topological polar surface area (TPSA) is 38.5 Å².